The van der Waals surface area contributed by atoms with E-state index in [1.165, 1.54) is 17.5 Å². The van der Waals surface area contributed by atoms with E-state index < -0.39 is 0 Å². The second kappa shape index (κ2) is 19.5. The van der Waals surface area contributed by atoms with E-state index in [4.69, 9.17) is 0 Å². The molecule has 33 heavy (non-hydrogen) atoms. The summed E-state index contributed by atoms with van der Waals surface area (Å²) in [4.78, 5) is 8.35. The van der Waals surface area contributed by atoms with Crippen LogP contribution in [0.4, 0.5) is 0 Å². The lowest BCUT2D eigenvalue weighted by atomic mass is 10.1. The van der Waals surface area contributed by atoms with E-state index >= 15 is 0 Å². The van der Waals surface area contributed by atoms with Crippen LogP contribution in [0, 0.1) is 0 Å². The van der Waals surface area contributed by atoms with Crippen LogP contribution >= 0.6 is 0 Å². The third kappa shape index (κ3) is 13.1. The molecule has 0 aliphatic rings. The fourth-order valence-electron chi connectivity index (χ4n) is 2.77. The highest BCUT2D eigenvalue weighted by Gasteiger charge is 1.99. The number of pyridine rings is 2. The highest BCUT2D eigenvalue weighted by Crippen LogP contribution is 2.08. The van der Waals surface area contributed by atoms with Gasteiger partial charge in [-0.3, -0.25) is 9.97 Å². The maximum absolute atomic E-state index is 4.27. The summed E-state index contributed by atoms with van der Waals surface area (Å²) in [6, 6.07) is 20.5. The molecule has 0 unspecified atom stereocenters. The molecule has 2 heterocycles. The molecule has 0 radical (unpaired) electrons. The first kappa shape index (κ1) is 29.8. The molecule has 0 aliphatic carbocycles. The second-order valence-corrected chi connectivity index (χ2v) is 6.93. The fraction of sp³-hybridized carbons (Fsp3) is 0.333. The predicted octanol–water partition coefficient (Wildman–Crippen LogP) is 8.00. The quantitative estimate of drug-likeness (QED) is 0.381. The molecule has 0 amide bonds. The van der Waals surface area contributed by atoms with Crippen LogP contribution in [0.3, 0.4) is 0 Å². The van der Waals surface area contributed by atoms with Crippen molar-refractivity contribution in [2.24, 2.45) is 0 Å². The first-order valence-electron chi connectivity index (χ1n) is 12.1. The Morgan fingerprint density at radius 2 is 1.21 bits per heavy atom. The Morgan fingerprint density at radius 3 is 1.61 bits per heavy atom. The molecule has 3 nitrogen and oxygen atoms in total. The van der Waals surface area contributed by atoms with E-state index in [0.717, 1.165) is 42.0 Å². The lowest BCUT2D eigenvalue weighted by molar-refractivity contribution is 0.843. The number of hydrogen-bond donors (Lipinski definition) is 1. The van der Waals surface area contributed by atoms with Gasteiger partial charge >= 0.3 is 0 Å². The Hall–Kier alpha value is -3.20. The largest absolute Gasteiger partial charge is 0.383 e. The minimum Gasteiger partial charge on any atom is -0.383 e. The summed E-state index contributed by atoms with van der Waals surface area (Å²) in [5.41, 5.74) is 6.54. The van der Waals surface area contributed by atoms with E-state index in [0.29, 0.717) is 0 Å². The minimum atomic E-state index is 0.878. The Bertz CT molecular complexity index is 869. The number of allylic oxidation sites excluding steroid dienone is 1. The first-order chi connectivity index (χ1) is 16.1. The summed E-state index contributed by atoms with van der Waals surface area (Å²) in [6.07, 6.45) is 6.91. The van der Waals surface area contributed by atoms with E-state index in [-0.39, 0.29) is 0 Å². The number of nitrogens with one attached hydrogen (secondary N) is 1. The molecule has 0 atom stereocenters. The van der Waals surface area contributed by atoms with Gasteiger partial charge in [-0.05, 0) is 60.7 Å². The van der Waals surface area contributed by atoms with Crippen LogP contribution in [-0.2, 0) is 12.8 Å². The summed E-state index contributed by atoms with van der Waals surface area (Å²) < 4.78 is 0. The van der Waals surface area contributed by atoms with E-state index in [9.17, 15) is 0 Å². The van der Waals surface area contributed by atoms with Gasteiger partial charge in [0.15, 0.2) is 0 Å². The summed E-state index contributed by atoms with van der Waals surface area (Å²) in [5, 5.41) is 3.33. The van der Waals surface area contributed by atoms with Gasteiger partial charge in [-0.15, -0.1) is 0 Å². The zero-order valence-electron chi connectivity index (χ0n) is 21.6. The van der Waals surface area contributed by atoms with Gasteiger partial charge in [0.1, 0.15) is 0 Å². The topological polar surface area (TPSA) is 37.8 Å². The highest BCUT2D eigenvalue weighted by atomic mass is 14.9. The van der Waals surface area contributed by atoms with Gasteiger partial charge in [0, 0.05) is 18.9 Å². The smallest absolute Gasteiger partial charge is 0.0854 e. The molecule has 0 saturated carbocycles. The summed E-state index contributed by atoms with van der Waals surface area (Å²) in [5.74, 6) is 0. The predicted molar refractivity (Wildman–Crippen MR) is 147 cm³/mol. The molecule has 3 heteroatoms. The van der Waals surface area contributed by atoms with Crippen LogP contribution in [0.1, 0.15) is 70.5 Å². The minimum absolute atomic E-state index is 0.878. The van der Waals surface area contributed by atoms with Crippen LogP contribution < -0.4 is 5.32 Å². The van der Waals surface area contributed by atoms with Gasteiger partial charge in [0.25, 0.3) is 0 Å². The van der Waals surface area contributed by atoms with Crippen molar-refractivity contribution < 1.29 is 0 Å². The molecule has 1 N–H and O–H groups in total. The fourth-order valence-corrected chi connectivity index (χ4v) is 2.77. The number of nitrogens with zero attached hydrogens (tertiary/aromatic N) is 2. The number of hydrogen-bond acceptors (Lipinski definition) is 3. The van der Waals surface area contributed by atoms with Crippen LogP contribution in [0.5, 0.6) is 0 Å². The number of aryl methyl sites for hydroxylation is 1. The molecule has 0 aliphatic heterocycles. The van der Waals surface area contributed by atoms with Gasteiger partial charge in [0.2, 0.25) is 0 Å². The molecule has 3 rings (SSSR count). The molecule has 0 saturated heterocycles. The van der Waals surface area contributed by atoms with Crippen molar-refractivity contribution >= 4 is 11.3 Å². The lowest BCUT2D eigenvalue weighted by Crippen LogP contribution is -2.15. The van der Waals surface area contributed by atoms with Crippen LogP contribution in [0.25, 0.3) is 11.3 Å². The molecule has 0 bridgehead atoms. The standard InChI is InChI=1S/C18H22N2.C8H9N.2C2H6/c1-3-6-16-8-10-17(11-9-16)12-14-19-15(2)18-7-4-5-13-20-18;1-7(2)8-5-3-4-6-9-8;2*1-2/h4-5,7-11,13,19H,2-3,6,12,14H2,1H3;3-6H,1H2,2H3;2*1-2H3. The Balaban J connectivity index is 0.000000658. The molecule has 0 fully saturated rings. The third-order valence-corrected chi connectivity index (χ3v) is 4.39. The van der Waals surface area contributed by atoms with Crippen molar-refractivity contribution in [1.82, 2.24) is 15.3 Å². The average molecular weight is 446 g/mol. The second-order valence-electron chi connectivity index (χ2n) is 6.93. The van der Waals surface area contributed by atoms with E-state index in [1.807, 2.05) is 71.0 Å². The van der Waals surface area contributed by atoms with Crippen LogP contribution in [-0.4, -0.2) is 16.5 Å². The molecule has 2 aromatic heterocycles. The van der Waals surface area contributed by atoms with Crippen molar-refractivity contribution in [3.8, 4) is 0 Å². The van der Waals surface area contributed by atoms with Gasteiger partial charge in [-0.1, -0.05) is 90.6 Å². The summed E-state index contributed by atoms with van der Waals surface area (Å²) >= 11 is 0. The normalized spacial score (nSPS) is 9.03. The van der Waals surface area contributed by atoms with Gasteiger partial charge in [-0.2, -0.15) is 0 Å². The van der Waals surface area contributed by atoms with Crippen LogP contribution in [0.15, 0.2) is 86.2 Å². The monoisotopic (exact) mass is 445 g/mol. The Kier molecular flexibility index (Phi) is 17.6. The van der Waals surface area contributed by atoms with Crippen LogP contribution in [0.2, 0.25) is 0 Å². The van der Waals surface area contributed by atoms with E-state index in [1.54, 1.807) is 12.4 Å². The Labute approximate surface area is 202 Å². The summed E-state index contributed by atoms with van der Waals surface area (Å²) in [6.45, 7) is 20.8. The Morgan fingerprint density at radius 1 is 0.727 bits per heavy atom. The van der Waals surface area contributed by atoms with Crippen molar-refractivity contribution in [1.29, 1.82) is 0 Å². The number of benzene rings is 1. The zero-order valence-corrected chi connectivity index (χ0v) is 21.6. The SMILES string of the molecule is C=C(C)c1ccccn1.C=C(NCCc1ccc(CCC)cc1)c1ccccn1.CC.CC. The van der Waals surface area contributed by atoms with Crippen molar-refractivity contribution in [3.63, 3.8) is 0 Å². The van der Waals surface area contributed by atoms with Gasteiger partial charge in [0.05, 0.1) is 17.1 Å². The van der Waals surface area contributed by atoms with Gasteiger partial charge in [-0.25, -0.2) is 0 Å². The first-order valence-corrected chi connectivity index (χ1v) is 12.1. The third-order valence-electron chi connectivity index (χ3n) is 4.39. The molecule has 0 spiro atoms. The average Bonchev–Trinajstić information content (AvgIpc) is 2.89. The highest BCUT2D eigenvalue weighted by molar-refractivity contribution is 5.57. The molecule has 178 valence electrons. The van der Waals surface area contributed by atoms with Crippen molar-refractivity contribution in [2.75, 3.05) is 6.54 Å². The number of aromatic nitrogens is 2. The maximum Gasteiger partial charge on any atom is 0.0854 e. The molecular formula is C30H43N3. The molecule has 3 aromatic rings. The lowest BCUT2D eigenvalue weighted by Gasteiger charge is -2.09. The molecular weight excluding hydrogens is 402 g/mol. The van der Waals surface area contributed by atoms with Crippen molar-refractivity contribution in [3.05, 3.63) is 109 Å². The number of rotatable bonds is 8. The van der Waals surface area contributed by atoms with Crippen molar-refractivity contribution in [2.45, 2.75) is 60.8 Å². The van der Waals surface area contributed by atoms with Gasteiger partial charge < -0.3 is 5.32 Å². The summed E-state index contributed by atoms with van der Waals surface area (Å²) in [7, 11) is 0. The zero-order chi connectivity index (χ0) is 24.9. The maximum atomic E-state index is 4.27. The van der Waals surface area contributed by atoms with E-state index in [2.05, 4.69) is 59.6 Å². The molecule has 1 aromatic carbocycles.